The van der Waals surface area contributed by atoms with Crippen molar-refractivity contribution in [2.75, 3.05) is 6.54 Å². The summed E-state index contributed by atoms with van der Waals surface area (Å²) in [6.07, 6.45) is 5.20. The zero-order valence-electron chi connectivity index (χ0n) is 7.73. The van der Waals surface area contributed by atoms with Crippen molar-refractivity contribution in [2.24, 2.45) is 5.92 Å². The van der Waals surface area contributed by atoms with E-state index in [4.69, 9.17) is 0 Å². The Morgan fingerprint density at radius 1 is 1.50 bits per heavy atom. The van der Waals surface area contributed by atoms with Crippen LogP contribution in [0.2, 0.25) is 0 Å². The van der Waals surface area contributed by atoms with Gasteiger partial charge in [-0.3, -0.25) is 4.79 Å². The Balaban J connectivity index is 2.16. The van der Waals surface area contributed by atoms with Gasteiger partial charge in [0.1, 0.15) is 0 Å². The molecule has 1 aliphatic carbocycles. The van der Waals surface area contributed by atoms with Gasteiger partial charge in [-0.15, -0.1) is 0 Å². The van der Waals surface area contributed by atoms with Gasteiger partial charge in [0.25, 0.3) is 0 Å². The lowest BCUT2D eigenvalue weighted by molar-refractivity contribution is -0.117. The number of carbonyl (C=O) groups is 1. The van der Waals surface area contributed by atoms with Gasteiger partial charge in [-0.2, -0.15) is 0 Å². The summed E-state index contributed by atoms with van der Waals surface area (Å²) in [7, 11) is 0. The minimum atomic E-state index is 0.00176. The summed E-state index contributed by atoms with van der Waals surface area (Å²) in [5, 5.41) is 2.89. The van der Waals surface area contributed by atoms with Crippen LogP contribution < -0.4 is 5.32 Å². The van der Waals surface area contributed by atoms with Crippen LogP contribution in [-0.2, 0) is 4.79 Å². The van der Waals surface area contributed by atoms with E-state index in [2.05, 4.69) is 11.9 Å². The van der Waals surface area contributed by atoms with E-state index in [-0.39, 0.29) is 5.91 Å². The maximum atomic E-state index is 11.1. The molecule has 1 fully saturated rings. The van der Waals surface area contributed by atoms with Crippen LogP contribution in [0.1, 0.15) is 32.6 Å². The molecule has 0 aromatic heterocycles. The van der Waals surface area contributed by atoms with Crippen molar-refractivity contribution >= 4 is 5.91 Å². The van der Waals surface area contributed by atoms with Gasteiger partial charge in [-0.25, -0.2) is 0 Å². The second-order valence-corrected chi connectivity index (χ2v) is 3.64. The van der Waals surface area contributed by atoms with Gasteiger partial charge < -0.3 is 5.32 Å². The Labute approximate surface area is 74.0 Å². The number of nitrogens with one attached hydrogen (secondary N) is 1. The summed E-state index contributed by atoms with van der Waals surface area (Å²) in [5.74, 6) is 0.718. The Bertz CT molecular complexity index is 180. The number of amides is 1. The summed E-state index contributed by atoms with van der Waals surface area (Å²) >= 11 is 0. The Hall–Kier alpha value is -0.790. The van der Waals surface area contributed by atoms with E-state index in [9.17, 15) is 4.79 Å². The molecule has 0 aromatic carbocycles. The first-order chi connectivity index (χ1) is 5.70. The summed E-state index contributed by atoms with van der Waals surface area (Å²) in [5.41, 5.74) is 0.605. The summed E-state index contributed by atoms with van der Waals surface area (Å²) in [4.78, 5) is 11.1. The molecule has 1 aliphatic rings. The van der Waals surface area contributed by atoms with Crippen LogP contribution in [0.15, 0.2) is 12.2 Å². The average molecular weight is 167 g/mol. The van der Waals surface area contributed by atoms with Gasteiger partial charge in [-0.05, 0) is 25.7 Å². The number of rotatable bonds is 3. The summed E-state index contributed by atoms with van der Waals surface area (Å²) in [6.45, 7) is 6.17. The maximum Gasteiger partial charge on any atom is 0.246 e. The van der Waals surface area contributed by atoms with Crippen molar-refractivity contribution in [1.29, 1.82) is 0 Å². The van der Waals surface area contributed by atoms with E-state index in [0.29, 0.717) is 11.5 Å². The van der Waals surface area contributed by atoms with Crippen molar-refractivity contribution in [2.45, 2.75) is 32.6 Å². The molecule has 0 bridgehead atoms. The molecule has 2 heteroatoms. The highest BCUT2D eigenvalue weighted by molar-refractivity contribution is 5.92. The lowest BCUT2D eigenvalue weighted by Gasteiger charge is -2.09. The minimum absolute atomic E-state index is 0.00176. The molecule has 0 unspecified atom stereocenters. The highest BCUT2D eigenvalue weighted by Gasteiger charge is 2.15. The molecule has 0 spiro atoms. The zero-order chi connectivity index (χ0) is 8.97. The smallest absolute Gasteiger partial charge is 0.246 e. The molecule has 12 heavy (non-hydrogen) atoms. The van der Waals surface area contributed by atoms with E-state index in [0.717, 1.165) is 6.54 Å². The second kappa shape index (κ2) is 4.29. The number of carbonyl (C=O) groups excluding carboxylic acids is 1. The molecule has 0 heterocycles. The van der Waals surface area contributed by atoms with Crippen molar-refractivity contribution < 1.29 is 4.79 Å². The monoisotopic (exact) mass is 167 g/mol. The van der Waals surface area contributed by atoms with Crippen LogP contribution >= 0.6 is 0 Å². The molecule has 1 N–H and O–H groups in total. The van der Waals surface area contributed by atoms with Gasteiger partial charge in [0.05, 0.1) is 0 Å². The Morgan fingerprint density at radius 2 is 2.08 bits per heavy atom. The third-order valence-electron chi connectivity index (χ3n) is 2.41. The molecule has 1 amide bonds. The predicted octanol–water partition coefficient (Wildman–Crippen LogP) is 1.87. The molecule has 0 saturated heterocycles. The largest absolute Gasteiger partial charge is 0.352 e. The summed E-state index contributed by atoms with van der Waals surface area (Å²) in [6, 6.07) is 0. The molecule has 0 aromatic rings. The molecule has 0 radical (unpaired) electrons. The minimum Gasteiger partial charge on any atom is -0.352 e. The molecule has 1 rings (SSSR count). The van der Waals surface area contributed by atoms with E-state index < -0.39 is 0 Å². The van der Waals surface area contributed by atoms with Crippen LogP contribution in [0.25, 0.3) is 0 Å². The van der Waals surface area contributed by atoms with Crippen LogP contribution in [0.5, 0.6) is 0 Å². The van der Waals surface area contributed by atoms with E-state index in [1.807, 2.05) is 0 Å². The van der Waals surface area contributed by atoms with E-state index in [1.165, 1.54) is 25.7 Å². The van der Waals surface area contributed by atoms with Gasteiger partial charge in [0.2, 0.25) is 5.91 Å². The first-order valence-corrected chi connectivity index (χ1v) is 4.64. The maximum absolute atomic E-state index is 11.1. The topological polar surface area (TPSA) is 29.1 Å². The SMILES string of the molecule is C=C(C)C(=O)NCC1CCCC1. The summed E-state index contributed by atoms with van der Waals surface area (Å²) < 4.78 is 0. The van der Waals surface area contributed by atoms with E-state index >= 15 is 0 Å². The second-order valence-electron chi connectivity index (χ2n) is 3.64. The van der Waals surface area contributed by atoms with Crippen LogP contribution in [0.4, 0.5) is 0 Å². The van der Waals surface area contributed by atoms with Crippen molar-refractivity contribution in [1.82, 2.24) is 5.32 Å². The molecule has 1 saturated carbocycles. The van der Waals surface area contributed by atoms with Gasteiger partial charge in [0.15, 0.2) is 0 Å². The normalized spacial score (nSPS) is 17.8. The standard InChI is InChI=1S/C10H17NO/c1-8(2)10(12)11-7-9-5-3-4-6-9/h9H,1,3-7H2,2H3,(H,11,12). The van der Waals surface area contributed by atoms with Gasteiger partial charge in [0, 0.05) is 12.1 Å². The van der Waals surface area contributed by atoms with Gasteiger partial charge in [-0.1, -0.05) is 19.4 Å². The van der Waals surface area contributed by atoms with Crippen LogP contribution in [0, 0.1) is 5.92 Å². The van der Waals surface area contributed by atoms with Gasteiger partial charge >= 0.3 is 0 Å². The first kappa shape index (κ1) is 9.30. The third kappa shape index (κ3) is 2.68. The lowest BCUT2D eigenvalue weighted by Crippen LogP contribution is -2.28. The Morgan fingerprint density at radius 3 is 2.58 bits per heavy atom. The number of hydrogen-bond donors (Lipinski definition) is 1. The molecule has 68 valence electrons. The molecule has 2 nitrogen and oxygen atoms in total. The average Bonchev–Trinajstić information content (AvgIpc) is 2.51. The third-order valence-corrected chi connectivity index (χ3v) is 2.41. The van der Waals surface area contributed by atoms with Crippen molar-refractivity contribution in [3.05, 3.63) is 12.2 Å². The van der Waals surface area contributed by atoms with Crippen LogP contribution in [0.3, 0.4) is 0 Å². The molecule has 0 atom stereocenters. The van der Waals surface area contributed by atoms with Crippen LogP contribution in [-0.4, -0.2) is 12.5 Å². The number of hydrogen-bond acceptors (Lipinski definition) is 1. The fraction of sp³-hybridized carbons (Fsp3) is 0.700. The fourth-order valence-electron chi connectivity index (χ4n) is 1.60. The van der Waals surface area contributed by atoms with E-state index in [1.54, 1.807) is 6.92 Å². The lowest BCUT2D eigenvalue weighted by atomic mass is 10.1. The highest BCUT2D eigenvalue weighted by atomic mass is 16.1. The fourth-order valence-corrected chi connectivity index (χ4v) is 1.60. The quantitative estimate of drug-likeness (QED) is 0.639. The van der Waals surface area contributed by atoms with Crippen molar-refractivity contribution in [3.8, 4) is 0 Å². The first-order valence-electron chi connectivity index (χ1n) is 4.64. The highest BCUT2D eigenvalue weighted by Crippen LogP contribution is 2.23. The Kier molecular flexibility index (Phi) is 3.32. The molecular formula is C10H17NO. The molecule has 0 aliphatic heterocycles. The predicted molar refractivity (Wildman–Crippen MR) is 49.8 cm³/mol. The molecular weight excluding hydrogens is 150 g/mol. The van der Waals surface area contributed by atoms with Crippen molar-refractivity contribution in [3.63, 3.8) is 0 Å². The zero-order valence-corrected chi connectivity index (χ0v) is 7.73.